The van der Waals surface area contributed by atoms with E-state index in [0.717, 1.165) is 90.6 Å². The fourth-order valence-corrected chi connectivity index (χ4v) is 5.20. The lowest BCUT2D eigenvalue weighted by atomic mass is 9.91. The van der Waals surface area contributed by atoms with Crippen molar-refractivity contribution in [1.29, 1.82) is 0 Å². The summed E-state index contributed by atoms with van der Waals surface area (Å²) in [5.74, 6) is -0.148. The lowest BCUT2D eigenvalue weighted by Crippen LogP contribution is -2.58. The molecule has 0 aromatic rings. The van der Waals surface area contributed by atoms with Crippen LogP contribution in [0.25, 0.3) is 0 Å². The van der Waals surface area contributed by atoms with Gasteiger partial charge in [0.1, 0.15) is 6.04 Å². The van der Waals surface area contributed by atoms with Gasteiger partial charge in [0.15, 0.2) is 5.72 Å². The van der Waals surface area contributed by atoms with Crippen LogP contribution in [0.15, 0.2) is 0 Å². The molecule has 2 saturated heterocycles. The average molecular weight is 409 g/mol. The summed E-state index contributed by atoms with van der Waals surface area (Å²) in [7, 11) is 0. The summed E-state index contributed by atoms with van der Waals surface area (Å²) in [5, 5.41) is 6.28. The topological polar surface area (TPSA) is 73.9 Å². The Morgan fingerprint density at radius 1 is 1.17 bits per heavy atom. The van der Waals surface area contributed by atoms with Crippen LogP contribution in [0.3, 0.4) is 0 Å². The highest BCUT2D eigenvalue weighted by Gasteiger charge is 2.39. The van der Waals surface area contributed by atoms with Crippen molar-refractivity contribution in [2.45, 2.75) is 88.9 Å². The van der Waals surface area contributed by atoms with Gasteiger partial charge in [-0.2, -0.15) is 0 Å². The van der Waals surface area contributed by atoms with Crippen LogP contribution in [0.4, 0.5) is 0 Å². The van der Waals surface area contributed by atoms with E-state index in [1.54, 1.807) is 0 Å². The molecule has 1 unspecified atom stereocenters. The Bertz CT molecular complexity index is 510. The van der Waals surface area contributed by atoms with Crippen molar-refractivity contribution < 1.29 is 14.3 Å². The number of carbonyl (C=O) groups excluding carboxylic acids is 2. The first kappa shape index (κ1) is 22.5. The molecule has 2 heterocycles. The van der Waals surface area contributed by atoms with Gasteiger partial charge in [0.2, 0.25) is 6.41 Å². The molecule has 7 nitrogen and oxygen atoms in total. The van der Waals surface area contributed by atoms with Gasteiger partial charge in [-0.1, -0.05) is 26.2 Å². The predicted molar refractivity (Wildman–Crippen MR) is 113 cm³/mol. The van der Waals surface area contributed by atoms with Gasteiger partial charge in [0.05, 0.1) is 0 Å². The monoisotopic (exact) mass is 408 g/mol. The second-order valence-electron chi connectivity index (χ2n) is 8.95. The van der Waals surface area contributed by atoms with Gasteiger partial charge in [-0.25, -0.2) is 0 Å². The number of piperazine rings is 1. The summed E-state index contributed by atoms with van der Waals surface area (Å²) in [5.41, 5.74) is -0.793. The lowest BCUT2D eigenvalue weighted by Gasteiger charge is -2.44. The van der Waals surface area contributed by atoms with Crippen molar-refractivity contribution in [1.82, 2.24) is 20.4 Å². The molecule has 0 radical (unpaired) electrons. The molecule has 3 rings (SSSR count). The maximum Gasteiger partial charge on any atom is 0.325 e. The third-order valence-corrected chi connectivity index (χ3v) is 7.00. The average Bonchev–Trinajstić information content (AvgIpc) is 2.76. The van der Waals surface area contributed by atoms with E-state index in [-0.39, 0.29) is 12.0 Å². The first-order valence-electron chi connectivity index (χ1n) is 11.8. The Labute approximate surface area is 175 Å². The fourth-order valence-electron chi connectivity index (χ4n) is 5.20. The zero-order chi connectivity index (χ0) is 20.5. The zero-order valence-corrected chi connectivity index (χ0v) is 18.2. The van der Waals surface area contributed by atoms with Gasteiger partial charge in [-0.15, -0.1) is 0 Å². The number of piperidine rings is 1. The molecule has 166 valence electrons. The number of rotatable bonds is 9. The molecule has 1 saturated carbocycles. The minimum absolute atomic E-state index is 0.148. The normalized spacial score (nSPS) is 25.3. The van der Waals surface area contributed by atoms with Gasteiger partial charge in [-0.05, 0) is 45.2 Å². The molecule has 3 aliphatic rings. The summed E-state index contributed by atoms with van der Waals surface area (Å²) < 4.78 is 6.03. The quantitative estimate of drug-likeness (QED) is 0.345. The summed E-state index contributed by atoms with van der Waals surface area (Å²) in [6, 6.07) is 0.485. The van der Waals surface area contributed by atoms with Crippen LogP contribution in [0.2, 0.25) is 0 Å². The number of hydrogen-bond donors (Lipinski definition) is 2. The number of unbranched alkanes of at least 4 members (excludes halogenated alkanes) is 1. The smallest absolute Gasteiger partial charge is 0.325 e. The van der Waals surface area contributed by atoms with E-state index in [0.29, 0.717) is 12.5 Å². The molecular weight excluding hydrogens is 368 g/mol. The number of esters is 1. The largest absolute Gasteiger partial charge is 0.438 e. The van der Waals surface area contributed by atoms with E-state index >= 15 is 0 Å². The van der Waals surface area contributed by atoms with E-state index < -0.39 is 5.72 Å². The third kappa shape index (κ3) is 6.15. The Balaban J connectivity index is 1.59. The van der Waals surface area contributed by atoms with E-state index in [1.165, 1.54) is 12.8 Å². The van der Waals surface area contributed by atoms with Crippen LogP contribution in [0, 0.1) is 0 Å². The van der Waals surface area contributed by atoms with Gasteiger partial charge >= 0.3 is 5.97 Å². The van der Waals surface area contributed by atoms with Crippen molar-refractivity contribution in [3.63, 3.8) is 0 Å². The number of nitrogens with zero attached hydrogens (tertiary/aromatic N) is 2. The summed E-state index contributed by atoms with van der Waals surface area (Å²) in [6.45, 7) is 8.28. The van der Waals surface area contributed by atoms with E-state index in [4.69, 9.17) is 4.74 Å². The van der Waals surface area contributed by atoms with E-state index in [2.05, 4.69) is 27.4 Å². The van der Waals surface area contributed by atoms with Crippen LogP contribution in [-0.2, 0) is 14.3 Å². The number of hydrogen-bond acceptors (Lipinski definition) is 6. The zero-order valence-electron chi connectivity index (χ0n) is 18.2. The molecule has 2 N–H and O–H groups in total. The summed E-state index contributed by atoms with van der Waals surface area (Å²) in [4.78, 5) is 29.3. The highest BCUT2D eigenvalue weighted by Crippen LogP contribution is 2.30. The molecule has 3 fully saturated rings. The third-order valence-electron chi connectivity index (χ3n) is 7.00. The minimum Gasteiger partial charge on any atom is -0.438 e. The van der Waals surface area contributed by atoms with Crippen LogP contribution in [-0.4, -0.2) is 79.3 Å². The Morgan fingerprint density at radius 3 is 2.48 bits per heavy atom. The minimum atomic E-state index is -0.793. The molecule has 1 atom stereocenters. The molecule has 0 aromatic heterocycles. The molecule has 29 heavy (non-hydrogen) atoms. The molecule has 1 aliphatic carbocycles. The molecule has 7 heteroatoms. The molecule has 0 aromatic carbocycles. The summed E-state index contributed by atoms with van der Waals surface area (Å²) in [6.07, 6.45) is 10.6. The lowest BCUT2D eigenvalue weighted by molar-refractivity contribution is -0.175. The fraction of sp³-hybridized carbons (Fsp3) is 0.909. The Hall–Kier alpha value is -1.18. The molecule has 1 amide bonds. The van der Waals surface area contributed by atoms with Crippen molar-refractivity contribution in [2.75, 3.05) is 39.3 Å². The molecular formula is C22H40N4O3. The Kier molecular flexibility index (Phi) is 8.75. The highest BCUT2D eigenvalue weighted by molar-refractivity contribution is 5.76. The molecule has 0 bridgehead atoms. The van der Waals surface area contributed by atoms with Gasteiger partial charge in [0, 0.05) is 45.1 Å². The number of nitrogens with one attached hydrogen (secondary N) is 2. The first-order chi connectivity index (χ1) is 14.2. The second-order valence-corrected chi connectivity index (χ2v) is 8.95. The van der Waals surface area contributed by atoms with Crippen molar-refractivity contribution >= 4 is 12.4 Å². The van der Waals surface area contributed by atoms with E-state index in [1.807, 2.05) is 0 Å². The van der Waals surface area contributed by atoms with Gasteiger partial charge in [-0.3, -0.25) is 19.4 Å². The maximum atomic E-state index is 13.2. The molecule has 0 spiro atoms. The van der Waals surface area contributed by atoms with Crippen LogP contribution in [0.5, 0.6) is 0 Å². The highest BCUT2D eigenvalue weighted by atomic mass is 16.6. The predicted octanol–water partition coefficient (Wildman–Crippen LogP) is 1.86. The number of ether oxygens (including phenoxy) is 1. The van der Waals surface area contributed by atoms with Gasteiger partial charge < -0.3 is 15.4 Å². The van der Waals surface area contributed by atoms with Crippen LogP contribution in [0.1, 0.15) is 71.1 Å². The Morgan fingerprint density at radius 2 is 1.86 bits per heavy atom. The second kappa shape index (κ2) is 11.3. The SMILES string of the molecule is CCCCC(C(=O)OC1(NC=O)CCCCC1)N1CCN(C2CCNCC2)CC1. The van der Waals surface area contributed by atoms with Crippen molar-refractivity contribution in [3.05, 3.63) is 0 Å². The standard InChI is InChI=1S/C22H40N4O3/c1-2-3-7-20(21(28)29-22(24-18-27)10-5-4-6-11-22)26-16-14-25(15-17-26)19-8-12-23-13-9-19/h18-20,23H,2-17H2,1H3,(H,24,27). The summed E-state index contributed by atoms with van der Waals surface area (Å²) >= 11 is 0. The number of amides is 1. The van der Waals surface area contributed by atoms with Crippen molar-refractivity contribution in [3.8, 4) is 0 Å². The first-order valence-corrected chi connectivity index (χ1v) is 11.8. The van der Waals surface area contributed by atoms with E-state index in [9.17, 15) is 9.59 Å². The van der Waals surface area contributed by atoms with Gasteiger partial charge in [0.25, 0.3) is 0 Å². The number of carbonyl (C=O) groups is 2. The van der Waals surface area contributed by atoms with Crippen LogP contribution >= 0.6 is 0 Å². The molecule has 2 aliphatic heterocycles. The van der Waals surface area contributed by atoms with Crippen LogP contribution < -0.4 is 10.6 Å². The van der Waals surface area contributed by atoms with Crippen molar-refractivity contribution in [2.24, 2.45) is 0 Å². The maximum absolute atomic E-state index is 13.2.